The van der Waals surface area contributed by atoms with Gasteiger partial charge in [-0.1, -0.05) is 46.8 Å². The van der Waals surface area contributed by atoms with Crippen molar-refractivity contribution in [1.82, 2.24) is 19.8 Å². The lowest BCUT2D eigenvalue weighted by Gasteiger charge is -2.43. The van der Waals surface area contributed by atoms with E-state index >= 15 is 0 Å². The fourth-order valence-corrected chi connectivity index (χ4v) is 7.30. The zero-order valence-electron chi connectivity index (χ0n) is 24.6. The molecule has 236 valence electrons. The van der Waals surface area contributed by atoms with Crippen LogP contribution in [0.4, 0.5) is 24.7 Å². The van der Waals surface area contributed by atoms with E-state index in [4.69, 9.17) is 26.3 Å². The highest BCUT2D eigenvalue weighted by atomic mass is 127. The number of carbonyl (C=O) groups excluding carboxylic acids is 1. The van der Waals surface area contributed by atoms with E-state index in [1.807, 2.05) is 19.0 Å². The number of fused-ring (bicyclic) bond motifs is 1. The third-order valence-corrected chi connectivity index (χ3v) is 9.76. The number of benzene rings is 1. The summed E-state index contributed by atoms with van der Waals surface area (Å²) in [5.74, 6) is 0.380. The largest absolute Gasteiger partial charge is 0.463 e. The van der Waals surface area contributed by atoms with Gasteiger partial charge in [0.05, 0.1) is 57.7 Å². The van der Waals surface area contributed by atoms with Gasteiger partial charge in [0.15, 0.2) is 0 Å². The first-order valence-electron chi connectivity index (χ1n) is 14.3. The second kappa shape index (κ2) is 12.9. The number of carbonyl (C=O) groups is 1. The van der Waals surface area contributed by atoms with Gasteiger partial charge in [0.25, 0.3) is 0 Å². The van der Waals surface area contributed by atoms with Crippen LogP contribution in [0, 0.1) is 16.7 Å². The molecule has 14 heteroatoms. The van der Waals surface area contributed by atoms with Crippen molar-refractivity contribution < 1.29 is 22.7 Å². The molecule has 0 N–H and O–H groups in total. The van der Waals surface area contributed by atoms with Crippen molar-refractivity contribution in [2.75, 3.05) is 56.7 Å². The third-order valence-electron chi connectivity index (χ3n) is 8.34. The maximum Gasteiger partial charge on any atom is 0.418 e. The number of ether oxygens (including phenoxy) is 1. The minimum absolute atomic E-state index is 0.00993. The lowest BCUT2D eigenvalue weighted by molar-refractivity contribution is -0.137. The van der Waals surface area contributed by atoms with E-state index in [2.05, 4.69) is 40.1 Å². The summed E-state index contributed by atoms with van der Waals surface area (Å²) in [6.45, 7) is 6.12. The standard InChI is InChI=1S/C30H34ClF3IN7O2/c1-4-25(43)41-13-12-40(15-19(41)8-11-36)27-20-14-24(35)42(26-21(30(32,33)34)6-5-7-22(26)31)16-23(20)37-28(38-27)44-18-29(9-10-29)17-39(2)3/h4-7,19,24H,1,8-10,12-18H2,2-3H3/t19?,24-/m0/s1. The Labute approximate surface area is 273 Å². The van der Waals surface area contributed by atoms with E-state index in [-0.39, 0.29) is 51.1 Å². The third kappa shape index (κ3) is 6.87. The number of piperazine rings is 1. The summed E-state index contributed by atoms with van der Waals surface area (Å²) in [5.41, 5.74) is 0.494. The maximum absolute atomic E-state index is 14.1. The van der Waals surface area contributed by atoms with E-state index in [0.717, 1.165) is 31.0 Å². The van der Waals surface area contributed by atoms with Crippen LogP contribution < -0.4 is 14.5 Å². The van der Waals surface area contributed by atoms with Gasteiger partial charge in [-0.25, -0.2) is 0 Å². The monoisotopic (exact) mass is 743 g/mol. The molecular weight excluding hydrogens is 710 g/mol. The van der Waals surface area contributed by atoms with Crippen molar-refractivity contribution in [1.29, 1.82) is 5.26 Å². The molecule has 2 aromatic rings. The number of nitriles is 1. The van der Waals surface area contributed by atoms with Crippen LogP contribution in [0.1, 0.15) is 36.1 Å². The number of rotatable bonds is 9. The molecule has 1 saturated heterocycles. The number of alkyl halides is 4. The van der Waals surface area contributed by atoms with E-state index in [1.165, 1.54) is 18.2 Å². The summed E-state index contributed by atoms with van der Waals surface area (Å²) in [7, 11) is 4.03. The number of para-hydroxylation sites is 1. The molecule has 0 radical (unpaired) electrons. The summed E-state index contributed by atoms with van der Waals surface area (Å²) >= 11 is 8.55. The van der Waals surface area contributed by atoms with Crippen molar-refractivity contribution in [3.05, 3.63) is 52.7 Å². The Morgan fingerprint density at radius 1 is 1.32 bits per heavy atom. The molecule has 1 aromatic heterocycles. The van der Waals surface area contributed by atoms with E-state index in [1.54, 1.807) is 9.80 Å². The SMILES string of the molecule is C=CC(=O)N1CCN(c2nc(OCC3(CN(C)C)CC3)nc3c2C[C@@H](I)N(c2c(Cl)cccc2C(F)(F)F)C3)CC1CC#N. The molecule has 0 spiro atoms. The van der Waals surface area contributed by atoms with Gasteiger partial charge in [-0.15, -0.1) is 0 Å². The summed E-state index contributed by atoms with van der Waals surface area (Å²) in [6.07, 6.45) is -0.808. The number of hydrogen-bond donors (Lipinski definition) is 0. The summed E-state index contributed by atoms with van der Waals surface area (Å²) in [5, 5.41) is 9.51. The molecule has 2 atom stereocenters. The minimum atomic E-state index is -4.59. The molecule has 1 amide bonds. The second-order valence-electron chi connectivity index (χ2n) is 11.9. The average molecular weight is 744 g/mol. The number of hydrogen-bond acceptors (Lipinski definition) is 8. The number of aromatic nitrogens is 2. The maximum atomic E-state index is 14.1. The lowest BCUT2D eigenvalue weighted by Crippen LogP contribution is -2.55. The van der Waals surface area contributed by atoms with Crippen LogP contribution in [-0.2, 0) is 23.9 Å². The predicted molar refractivity (Wildman–Crippen MR) is 170 cm³/mol. The van der Waals surface area contributed by atoms with Crippen molar-refractivity contribution in [2.45, 2.75) is 48.5 Å². The molecular formula is C30H34ClF3IN7O2. The van der Waals surface area contributed by atoms with Crippen LogP contribution in [0.15, 0.2) is 30.9 Å². The molecule has 3 aliphatic rings. The van der Waals surface area contributed by atoms with Gasteiger partial charge in [0.1, 0.15) is 5.82 Å². The average Bonchev–Trinajstić information content (AvgIpc) is 3.73. The first-order chi connectivity index (χ1) is 20.9. The van der Waals surface area contributed by atoms with Gasteiger partial charge in [-0.05, 0) is 45.1 Å². The number of halogens is 5. The molecule has 3 heterocycles. The first-order valence-corrected chi connectivity index (χ1v) is 16.0. The van der Waals surface area contributed by atoms with Crippen LogP contribution in [0.5, 0.6) is 6.01 Å². The molecule has 1 aromatic carbocycles. The molecule has 44 heavy (non-hydrogen) atoms. The zero-order chi connectivity index (χ0) is 31.8. The van der Waals surface area contributed by atoms with Gasteiger partial charge in [-0.2, -0.15) is 28.4 Å². The number of anilines is 2. The predicted octanol–water partition coefficient (Wildman–Crippen LogP) is 5.31. The molecule has 1 saturated carbocycles. The zero-order valence-corrected chi connectivity index (χ0v) is 27.5. The van der Waals surface area contributed by atoms with E-state index in [9.17, 15) is 23.2 Å². The Kier molecular flexibility index (Phi) is 9.53. The normalized spacial score (nSPS) is 21.1. The van der Waals surface area contributed by atoms with Gasteiger partial charge >= 0.3 is 12.2 Å². The Hall–Kier alpha value is -2.83. The number of amides is 1. The molecule has 1 aliphatic carbocycles. The van der Waals surface area contributed by atoms with Crippen molar-refractivity contribution in [2.24, 2.45) is 5.41 Å². The highest BCUT2D eigenvalue weighted by Gasteiger charge is 2.45. The molecule has 5 rings (SSSR count). The Balaban J connectivity index is 1.53. The smallest absolute Gasteiger partial charge is 0.418 e. The van der Waals surface area contributed by atoms with Crippen molar-refractivity contribution in [3.63, 3.8) is 0 Å². The van der Waals surface area contributed by atoms with Crippen molar-refractivity contribution >= 4 is 51.6 Å². The topological polar surface area (TPSA) is 88.8 Å². The fraction of sp³-hybridized carbons (Fsp3) is 0.533. The van der Waals surface area contributed by atoms with Crippen LogP contribution in [0.25, 0.3) is 0 Å². The molecule has 2 aliphatic heterocycles. The van der Waals surface area contributed by atoms with Gasteiger partial charge in [0.2, 0.25) is 5.91 Å². The summed E-state index contributed by atoms with van der Waals surface area (Å²) in [4.78, 5) is 29.6. The van der Waals surface area contributed by atoms with Gasteiger partial charge in [0, 0.05) is 43.6 Å². The van der Waals surface area contributed by atoms with Crippen LogP contribution >= 0.6 is 34.2 Å². The first kappa shape index (κ1) is 32.6. The molecule has 1 unspecified atom stereocenters. The van der Waals surface area contributed by atoms with E-state index in [0.29, 0.717) is 44.2 Å². The Morgan fingerprint density at radius 2 is 2.07 bits per heavy atom. The highest BCUT2D eigenvalue weighted by Crippen LogP contribution is 2.47. The molecule has 9 nitrogen and oxygen atoms in total. The summed E-state index contributed by atoms with van der Waals surface area (Å²) < 4.78 is 48.1. The molecule has 0 bridgehead atoms. The minimum Gasteiger partial charge on any atom is -0.463 e. The van der Waals surface area contributed by atoms with Crippen LogP contribution in [0.2, 0.25) is 5.02 Å². The highest BCUT2D eigenvalue weighted by molar-refractivity contribution is 14.1. The Morgan fingerprint density at radius 3 is 2.70 bits per heavy atom. The second-order valence-corrected chi connectivity index (χ2v) is 13.7. The quantitative estimate of drug-likeness (QED) is 0.148. The van der Waals surface area contributed by atoms with Crippen LogP contribution in [-0.4, -0.2) is 82.6 Å². The molecule has 2 fully saturated rings. The fourth-order valence-electron chi connectivity index (χ4n) is 6.10. The van der Waals surface area contributed by atoms with Gasteiger partial charge < -0.3 is 24.3 Å². The van der Waals surface area contributed by atoms with Crippen LogP contribution in [0.3, 0.4) is 0 Å². The van der Waals surface area contributed by atoms with Crippen molar-refractivity contribution in [3.8, 4) is 12.1 Å². The summed E-state index contributed by atoms with van der Waals surface area (Å²) in [6, 6.07) is 5.76. The Bertz CT molecular complexity index is 1460. The number of nitrogens with zero attached hydrogens (tertiary/aromatic N) is 7. The van der Waals surface area contributed by atoms with Gasteiger partial charge in [-0.3, -0.25) is 4.79 Å². The lowest BCUT2D eigenvalue weighted by atomic mass is 10.0. The van der Waals surface area contributed by atoms with E-state index < -0.39 is 11.7 Å².